The van der Waals surface area contributed by atoms with E-state index < -0.39 is 98.9 Å². The van der Waals surface area contributed by atoms with Crippen LogP contribution in [0.2, 0.25) is 15.1 Å². The number of piperidine rings is 5. The van der Waals surface area contributed by atoms with Crippen molar-refractivity contribution in [1.82, 2.24) is 26.5 Å². The summed E-state index contributed by atoms with van der Waals surface area (Å²) in [6, 6.07) is 22.9. The van der Waals surface area contributed by atoms with Crippen LogP contribution in [0.3, 0.4) is 0 Å². The zero-order chi connectivity index (χ0) is 70.8. The number of nitrogens with one attached hydrogen (secondary N) is 5. The van der Waals surface area contributed by atoms with E-state index in [1.54, 1.807) is 54.6 Å². The van der Waals surface area contributed by atoms with Crippen LogP contribution < -0.4 is 33.3 Å². The number of ether oxygens (including phenoxy) is 2. The summed E-state index contributed by atoms with van der Waals surface area (Å²) in [6.07, 6.45) is -1.67. The first-order valence-corrected chi connectivity index (χ1v) is 37.9. The fourth-order valence-corrected chi connectivity index (χ4v) is 16.8. The first kappa shape index (κ1) is 79.6. The molecule has 5 aliphatic heterocycles. The van der Waals surface area contributed by atoms with Crippen molar-refractivity contribution in [2.45, 2.75) is 94.8 Å². The van der Waals surface area contributed by atoms with E-state index in [1.165, 1.54) is 41.0 Å². The number of hydrogen-bond acceptors (Lipinski definition) is 12. The highest BCUT2D eigenvalue weighted by Gasteiger charge is 2.35. The van der Waals surface area contributed by atoms with E-state index in [-0.39, 0.29) is 150 Å². The van der Waals surface area contributed by atoms with Gasteiger partial charge in [-0.3, -0.25) is 18.9 Å². The lowest BCUT2D eigenvalue weighted by atomic mass is 9.89. The summed E-state index contributed by atoms with van der Waals surface area (Å²) >= 11 is 17.6. The molecule has 5 N–H and O–H groups in total. The topological polar surface area (TPSA) is 266 Å². The predicted octanol–water partition coefficient (Wildman–Crippen LogP) is 11.2. The predicted molar refractivity (Wildman–Crippen MR) is 350 cm³/mol. The smallest absolute Gasteiger partial charge is 0.305 e. The number of nitrogens with zero attached hydrogens (tertiary/aromatic N) is 5. The van der Waals surface area contributed by atoms with E-state index in [2.05, 4.69) is 14.2 Å². The molecule has 0 saturated carbocycles. The Morgan fingerprint density at radius 2 is 0.667 bits per heavy atom. The molecule has 0 radical (unpaired) electrons. The SMILES string of the molecule is COc1cccc(Cl)c1NS(=O)(=O)N1CCC(F)CC1.COc1cccc(F)c1C1CCN(S(=O)(=O)NF)CC1.O=S(=O)(Nc1c(F)cccc1Cl)N1CCC(F)CC1.O=S(=O)(Nc1c(F)cccc1F)N1CCC(F)CC1.O=S(=O)(Nc1ccccc1Cl)N1CCC(F)CC1. The van der Waals surface area contributed by atoms with Crippen LogP contribution in [0.1, 0.15) is 75.7 Å². The molecule has 22 nitrogen and oxygen atoms in total. The van der Waals surface area contributed by atoms with Crippen molar-refractivity contribution in [3.8, 4) is 11.5 Å². The molecule has 0 aromatic heterocycles. The number of alkyl halides is 4. The lowest BCUT2D eigenvalue weighted by molar-refractivity contribution is 0.210. The summed E-state index contributed by atoms with van der Waals surface area (Å²) in [4.78, 5) is 0.799. The van der Waals surface area contributed by atoms with Crippen LogP contribution in [0.4, 0.5) is 62.4 Å². The molecule has 0 aliphatic carbocycles. The Balaban J connectivity index is 0.000000190. The molecular formula is C57H72Cl3F9N10O12S5. The Labute approximate surface area is 568 Å². The number of rotatable bonds is 17. The molecule has 5 heterocycles. The quantitative estimate of drug-likeness (QED) is 0.0430. The summed E-state index contributed by atoms with van der Waals surface area (Å²) in [7, 11) is -16.6. The number of methoxy groups -OCH3 is 2. The van der Waals surface area contributed by atoms with Crippen LogP contribution in [0.5, 0.6) is 11.5 Å². The third-order valence-corrected chi connectivity index (χ3v) is 23.6. The van der Waals surface area contributed by atoms with Gasteiger partial charge >= 0.3 is 51.0 Å². The second kappa shape index (κ2) is 36.1. The lowest BCUT2D eigenvalue weighted by Gasteiger charge is -2.31. The second-order valence-electron chi connectivity index (χ2n) is 21.8. The molecule has 0 amide bonds. The first-order valence-electron chi connectivity index (χ1n) is 29.5. The molecule has 536 valence electrons. The molecule has 5 aromatic rings. The van der Waals surface area contributed by atoms with Crippen molar-refractivity contribution in [2.24, 2.45) is 0 Å². The van der Waals surface area contributed by atoms with Crippen molar-refractivity contribution >= 4 is 109 Å². The summed E-state index contributed by atoms with van der Waals surface area (Å²) < 4.78 is 262. The van der Waals surface area contributed by atoms with Crippen molar-refractivity contribution in [2.75, 3.05) is 98.6 Å². The average molecular weight is 1530 g/mol. The van der Waals surface area contributed by atoms with Gasteiger partial charge in [-0.15, -0.1) is 4.48 Å². The van der Waals surface area contributed by atoms with Gasteiger partial charge in [0.25, 0.3) is 0 Å². The van der Waals surface area contributed by atoms with Crippen molar-refractivity contribution in [1.29, 1.82) is 0 Å². The highest BCUT2D eigenvalue weighted by Crippen LogP contribution is 2.38. The van der Waals surface area contributed by atoms with Crippen molar-refractivity contribution in [3.63, 3.8) is 0 Å². The van der Waals surface area contributed by atoms with Gasteiger partial charge in [0.2, 0.25) is 0 Å². The van der Waals surface area contributed by atoms with Gasteiger partial charge in [0, 0.05) is 71.0 Å². The van der Waals surface area contributed by atoms with Crippen LogP contribution in [-0.4, -0.2) is 168 Å². The van der Waals surface area contributed by atoms with Crippen LogP contribution >= 0.6 is 34.8 Å². The third-order valence-electron chi connectivity index (χ3n) is 15.4. The fraction of sp³-hybridized carbons (Fsp3) is 0.474. The lowest BCUT2D eigenvalue weighted by Crippen LogP contribution is -2.42. The van der Waals surface area contributed by atoms with Gasteiger partial charge in [0.15, 0.2) is 0 Å². The number of halogens is 12. The van der Waals surface area contributed by atoms with Gasteiger partial charge < -0.3 is 9.47 Å². The first-order chi connectivity index (χ1) is 45.2. The Bertz CT molecular complexity index is 3810. The second-order valence-corrected chi connectivity index (χ2v) is 31.3. The monoisotopic (exact) mass is 1520 g/mol. The minimum Gasteiger partial charge on any atom is -0.496 e. The summed E-state index contributed by atoms with van der Waals surface area (Å²) in [6.45, 7) is 1.11. The molecule has 0 bridgehead atoms. The number of hydrogen-bond donors (Lipinski definition) is 5. The standard InChI is InChI=1S/C12H16ClFN2O3S.C12H16F2N2O3S.C11H13ClF2N2O2S.C11H14ClFN2O2S.C11H13F3N2O2S/c1-19-11-4-2-3-10(13)12(11)15-20(17,18)16-7-5-9(14)6-8-16;1-19-11-4-2-3-10(13)12(11)9-5-7-16(8-6-9)20(17,18)15-14;12-9-2-1-3-10(14)11(9)15-19(17,18)16-6-4-8(13)5-7-16;12-10-3-1-2-4-11(10)14-18(16,17)15-7-5-9(13)6-8-15;12-8-4-6-16(7-5-8)19(17,18)15-11-9(13)2-1-3-10(11)14/h2*2-4,9,15H,5-8H2,1H3;1-3,8,15H,4-7H2;1-4,9,14H,5-8H2;1-3,8,15H,4-7H2. The van der Waals surface area contributed by atoms with E-state index in [9.17, 15) is 81.7 Å². The van der Waals surface area contributed by atoms with Gasteiger partial charge in [-0.25, -0.2) is 35.1 Å². The maximum absolute atomic E-state index is 13.9. The Morgan fingerprint density at radius 3 is 1.07 bits per heavy atom. The van der Waals surface area contributed by atoms with E-state index in [0.717, 1.165) is 42.1 Å². The molecule has 5 saturated heterocycles. The molecule has 96 heavy (non-hydrogen) atoms. The van der Waals surface area contributed by atoms with E-state index >= 15 is 0 Å². The minimum absolute atomic E-state index is 0.00737. The van der Waals surface area contributed by atoms with E-state index in [1.807, 2.05) is 4.72 Å². The number of benzene rings is 5. The molecular weight excluding hydrogens is 1450 g/mol. The van der Waals surface area contributed by atoms with Gasteiger partial charge in [-0.2, -0.15) is 63.6 Å². The van der Waals surface area contributed by atoms with Gasteiger partial charge in [0.05, 0.1) is 35.0 Å². The average Bonchev–Trinajstić information content (AvgIpc) is 0.840. The fourth-order valence-electron chi connectivity index (χ4n) is 10.1. The Morgan fingerprint density at radius 1 is 0.365 bits per heavy atom. The zero-order valence-corrected chi connectivity index (χ0v) is 57.8. The van der Waals surface area contributed by atoms with E-state index in [4.69, 9.17) is 44.3 Å². The van der Waals surface area contributed by atoms with Gasteiger partial charge in [0.1, 0.15) is 76.5 Å². The molecule has 5 aliphatic rings. The van der Waals surface area contributed by atoms with Crippen molar-refractivity contribution < 1.29 is 91.2 Å². The molecule has 5 aromatic carbocycles. The normalized spacial score (nSPS) is 18.4. The summed E-state index contributed by atoms with van der Waals surface area (Å²) in [5.41, 5.74) is -0.0164. The maximum atomic E-state index is 13.9. The van der Waals surface area contributed by atoms with Crippen LogP contribution in [0.25, 0.3) is 0 Å². The summed E-state index contributed by atoms with van der Waals surface area (Å²) in [5, 5.41) is 0.554. The molecule has 0 unspecified atom stereocenters. The minimum atomic E-state index is -4.07. The van der Waals surface area contributed by atoms with Gasteiger partial charge in [-0.05, 0) is 136 Å². The zero-order valence-electron chi connectivity index (χ0n) is 51.5. The number of anilines is 4. The van der Waals surface area contributed by atoms with Crippen LogP contribution in [0, 0.1) is 23.3 Å². The highest BCUT2D eigenvalue weighted by molar-refractivity contribution is 7.91. The van der Waals surface area contributed by atoms with E-state index in [0.29, 0.717) is 40.6 Å². The molecule has 5 fully saturated rings. The van der Waals surface area contributed by atoms with Gasteiger partial charge in [-0.1, -0.05) is 71.2 Å². The maximum Gasteiger partial charge on any atom is 0.305 e. The molecule has 0 spiro atoms. The number of para-hydroxylation sites is 4. The van der Waals surface area contributed by atoms with Crippen LogP contribution in [0.15, 0.2) is 97.1 Å². The van der Waals surface area contributed by atoms with Crippen LogP contribution in [-0.2, 0) is 51.0 Å². The molecule has 10 rings (SSSR count). The largest absolute Gasteiger partial charge is 0.496 e. The Kier molecular flexibility index (Phi) is 30.0. The molecule has 0 atom stereocenters. The third kappa shape index (κ3) is 22.8. The highest BCUT2D eigenvalue weighted by atomic mass is 35.5. The summed E-state index contributed by atoms with van der Waals surface area (Å²) in [5.74, 6) is -2.47. The van der Waals surface area contributed by atoms with Crippen molar-refractivity contribution in [3.05, 3.63) is 141 Å². The Hall–Kier alpha value is -5.35. The molecule has 39 heteroatoms.